The minimum absolute atomic E-state index is 0.0219. The number of rotatable bonds is 1. The van der Waals surface area contributed by atoms with Crippen LogP contribution in [-0.4, -0.2) is 40.7 Å². The highest BCUT2D eigenvalue weighted by Gasteiger charge is 2.61. The molecule has 2 amide bonds. The van der Waals surface area contributed by atoms with Crippen molar-refractivity contribution in [2.24, 2.45) is 5.92 Å². The maximum atomic E-state index is 11.8. The number of nitrogens with zero attached hydrogens (tertiary/aromatic N) is 2. The molecule has 2 heterocycles. The van der Waals surface area contributed by atoms with Crippen LogP contribution in [0.5, 0.6) is 0 Å². The van der Waals surface area contributed by atoms with E-state index in [0.717, 1.165) is 0 Å². The van der Waals surface area contributed by atoms with E-state index < -0.39 is 6.09 Å². The topological polar surface area (TPSA) is 49.9 Å². The number of amides is 2. The van der Waals surface area contributed by atoms with Gasteiger partial charge in [0.1, 0.15) is 0 Å². The Morgan fingerprint density at radius 3 is 2.94 bits per heavy atom. The number of carbonyl (C=O) groups is 2. The highest BCUT2D eigenvalue weighted by molar-refractivity contribution is 5.87. The van der Waals surface area contributed by atoms with Gasteiger partial charge in [-0.1, -0.05) is 11.6 Å². The summed E-state index contributed by atoms with van der Waals surface area (Å²) in [5, 5.41) is 3.05. The van der Waals surface area contributed by atoms with Gasteiger partial charge in [0.15, 0.2) is 0 Å². The fourth-order valence-corrected chi connectivity index (χ4v) is 2.92. The maximum absolute atomic E-state index is 11.8. The molecule has 86 valence electrons. The molecule has 0 spiro atoms. The number of hydrogen-bond acceptors (Lipinski definition) is 3. The summed E-state index contributed by atoms with van der Waals surface area (Å²) in [5.74, 6) is 0.357. The predicted molar refractivity (Wildman–Crippen MR) is 55.1 cm³/mol. The van der Waals surface area contributed by atoms with E-state index in [1.165, 1.54) is 10.6 Å². The smallest absolute Gasteiger partial charge is 0.429 e. The third kappa shape index (κ3) is 0.956. The second-order valence-corrected chi connectivity index (χ2v) is 4.48. The van der Waals surface area contributed by atoms with Crippen LogP contribution in [0.2, 0.25) is 0 Å². The lowest BCUT2D eigenvalue weighted by Gasteiger charge is -2.39. The van der Waals surface area contributed by atoms with Gasteiger partial charge in [-0.15, -0.1) is 0 Å². The average molecular weight is 222 g/mol. The molecule has 0 bridgehead atoms. The highest BCUT2D eigenvalue weighted by Crippen LogP contribution is 2.49. The van der Waals surface area contributed by atoms with Gasteiger partial charge in [0.2, 0.25) is 5.91 Å². The average Bonchev–Trinajstić information content (AvgIpc) is 2.42. The Morgan fingerprint density at radius 2 is 2.38 bits per heavy atom. The molecule has 3 rings (SSSR count). The second kappa shape index (κ2) is 2.99. The zero-order valence-electron chi connectivity index (χ0n) is 9.34. The molecule has 0 radical (unpaired) electrons. The molecule has 2 saturated heterocycles. The normalized spacial score (nSPS) is 34.8. The molecule has 2 aliphatic heterocycles. The van der Waals surface area contributed by atoms with Gasteiger partial charge in [0, 0.05) is 5.92 Å². The van der Waals surface area contributed by atoms with Crippen LogP contribution in [0, 0.1) is 5.92 Å². The summed E-state index contributed by atoms with van der Waals surface area (Å²) in [7, 11) is 0. The molecule has 1 unspecified atom stereocenters. The summed E-state index contributed by atoms with van der Waals surface area (Å²) in [5.41, 5.74) is 1.28. The molecular formula is C11H14N2O3. The lowest BCUT2D eigenvalue weighted by atomic mass is 9.75. The third-order valence-corrected chi connectivity index (χ3v) is 3.66. The molecule has 0 aromatic rings. The zero-order chi connectivity index (χ0) is 11.4. The van der Waals surface area contributed by atoms with E-state index in [4.69, 9.17) is 4.74 Å². The molecule has 3 aliphatic rings. The number of hydrazine groups is 1. The van der Waals surface area contributed by atoms with Crippen molar-refractivity contribution in [3.8, 4) is 0 Å². The quantitative estimate of drug-likeness (QED) is 0.489. The van der Waals surface area contributed by atoms with Crippen LogP contribution >= 0.6 is 0 Å². The van der Waals surface area contributed by atoms with Crippen molar-refractivity contribution in [2.75, 3.05) is 6.61 Å². The Balaban J connectivity index is 1.87. The van der Waals surface area contributed by atoms with Gasteiger partial charge in [-0.2, -0.15) is 0 Å². The summed E-state index contributed by atoms with van der Waals surface area (Å²) in [6.07, 6.45) is 2.19. The number of hydrogen-bond donors (Lipinski definition) is 0. The Kier molecular flexibility index (Phi) is 1.81. The molecule has 16 heavy (non-hydrogen) atoms. The highest BCUT2D eigenvalue weighted by atomic mass is 16.6. The maximum Gasteiger partial charge on any atom is 0.429 e. The van der Waals surface area contributed by atoms with E-state index >= 15 is 0 Å². The SMILES string of the molecule is CCOC(=O)N1C2C=C(C)[C@H]2[C@H]2CC(=O)N21. The second-order valence-electron chi connectivity index (χ2n) is 4.48. The molecule has 0 aromatic heterocycles. The third-order valence-electron chi connectivity index (χ3n) is 3.66. The van der Waals surface area contributed by atoms with E-state index in [1.807, 2.05) is 6.08 Å². The standard InChI is InChI=1S/C11H14N2O3/c1-3-16-11(15)13-7-4-6(2)10(7)8-5-9(14)12(8)13/h4,7-8,10H,3,5H2,1-2H3/t7?,8-,10-/m1/s1. The predicted octanol–water partition coefficient (Wildman–Crippen LogP) is 0.919. The first-order valence-electron chi connectivity index (χ1n) is 5.61. The van der Waals surface area contributed by atoms with Gasteiger partial charge in [0.25, 0.3) is 0 Å². The number of ether oxygens (including phenoxy) is 1. The van der Waals surface area contributed by atoms with Crippen LogP contribution in [-0.2, 0) is 9.53 Å². The van der Waals surface area contributed by atoms with E-state index in [9.17, 15) is 9.59 Å². The van der Waals surface area contributed by atoms with Gasteiger partial charge in [-0.25, -0.2) is 14.8 Å². The van der Waals surface area contributed by atoms with Crippen LogP contribution < -0.4 is 0 Å². The van der Waals surface area contributed by atoms with Crippen molar-refractivity contribution in [1.82, 2.24) is 10.0 Å². The van der Waals surface area contributed by atoms with E-state index in [2.05, 4.69) is 6.92 Å². The molecule has 3 atom stereocenters. The first-order valence-corrected chi connectivity index (χ1v) is 5.61. The number of carbonyl (C=O) groups excluding carboxylic acids is 2. The monoisotopic (exact) mass is 222 g/mol. The summed E-state index contributed by atoms with van der Waals surface area (Å²) in [4.78, 5) is 23.3. The minimum Gasteiger partial charge on any atom is -0.448 e. The zero-order valence-corrected chi connectivity index (χ0v) is 9.34. The number of β-lactam (4-membered cyclic amide) rings is 1. The molecule has 1 aliphatic carbocycles. The first kappa shape index (κ1) is 9.69. The Labute approximate surface area is 93.6 Å². The van der Waals surface area contributed by atoms with Gasteiger partial charge in [-0.3, -0.25) is 4.79 Å². The van der Waals surface area contributed by atoms with Crippen LogP contribution in [0.15, 0.2) is 11.6 Å². The summed E-state index contributed by atoms with van der Waals surface area (Å²) >= 11 is 0. The van der Waals surface area contributed by atoms with Gasteiger partial charge in [0.05, 0.1) is 25.1 Å². The Hall–Kier alpha value is -1.52. The summed E-state index contributed by atoms with van der Waals surface area (Å²) < 4.78 is 4.98. The van der Waals surface area contributed by atoms with Gasteiger partial charge in [-0.05, 0) is 13.8 Å². The first-order chi connectivity index (χ1) is 7.65. The fourth-order valence-electron chi connectivity index (χ4n) is 2.92. The molecular weight excluding hydrogens is 208 g/mol. The van der Waals surface area contributed by atoms with E-state index in [0.29, 0.717) is 18.9 Å². The van der Waals surface area contributed by atoms with Crippen molar-refractivity contribution < 1.29 is 14.3 Å². The van der Waals surface area contributed by atoms with Gasteiger partial charge < -0.3 is 4.74 Å². The molecule has 0 N–H and O–H groups in total. The van der Waals surface area contributed by atoms with E-state index in [1.54, 1.807) is 11.9 Å². The Morgan fingerprint density at radius 1 is 1.62 bits per heavy atom. The fraction of sp³-hybridized carbons (Fsp3) is 0.636. The van der Waals surface area contributed by atoms with Crippen molar-refractivity contribution in [2.45, 2.75) is 32.4 Å². The lowest BCUT2D eigenvalue weighted by molar-refractivity contribution is -0.161. The van der Waals surface area contributed by atoms with Crippen LogP contribution in [0.1, 0.15) is 20.3 Å². The molecule has 0 saturated carbocycles. The Bertz CT molecular complexity index is 404. The van der Waals surface area contributed by atoms with Crippen LogP contribution in [0.25, 0.3) is 0 Å². The lowest BCUT2D eigenvalue weighted by Crippen LogP contribution is -2.57. The van der Waals surface area contributed by atoms with Crippen LogP contribution in [0.4, 0.5) is 4.79 Å². The van der Waals surface area contributed by atoms with Gasteiger partial charge >= 0.3 is 6.09 Å². The number of fused-ring (bicyclic) bond motifs is 3. The van der Waals surface area contributed by atoms with Crippen LogP contribution in [0.3, 0.4) is 0 Å². The largest absolute Gasteiger partial charge is 0.448 e. The minimum atomic E-state index is -0.406. The molecule has 0 aromatic carbocycles. The molecule has 2 fully saturated rings. The summed E-state index contributed by atoms with van der Waals surface area (Å²) in [6.45, 7) is 4.15. The van der Waals surface area contributed by atoms with Crippen molar-refractivity contribution in [3.63, 3.8) is 0 Å². The molecule has 5 nitrogen and oxygen atoms in total. The molecule has 5 heteroatoms. The van der Waals surface area contributed by atoms with E-state index in [-0.39, 0.29) is 18.0 Å². The van der Waals surface area contributed by atoms with Crippen molar-refractivity contribution in [3.05, 3.63) is 11.6 Å². The van der Waals surface area contributed by atoms with Crippen molar-refractivity contribution in [1.29, 1.82) is 0 Å². The van der Waals surface area contributed by atoms with Crippen molar-refractivity contribution >= 4 is 12.0 Å². The summed E-state index contributed by atoms with van der Waals surface area (Å²) in [6, 6.07) is 0.224.